The third-order valence-electron chi connectivity index (χ3n) is 3.55. The Balaban J connectivity index is 1.64. The quantitative estimate of drug-likeness (QED) is 0.755. The maximum atomic E-state index is 3.65. The fraction of sp³-hybridized carbons (Fsp3) is 0.600. The minimum atomic E-state index is 0.626. The van der Waals surface area contributed by atoms with Crippen LogP contribution in [0.5, 0.6) is 0 Å². The van der Waals surface area contributed by atoms with Gasteiger partial charge in [0.2, 0.25) is 0 Å². The smallest absolute Gasteiger partial charge is 0.0143 e. The molecular formula is C15H24N2. The van der Waals surface area contributed by atoms with Crippen LogP contribution in [0.3, 0.4) is 0 Å². The highest BCUT2D eigenvalue weighted by Crippen LogP contribution is 2.40. The maximum Gasteiger partial charge on any atom is 0.0143 e. The summed E-state index contributed by atoms with van der Waals surface area (Å²) in [4.78, 5) is 0. The second-order valence-corrected chi connectivity index (χ2v) is 5.06. The highest BCUT2D eigenvalue weighted by molar-refractivity contribution is 5.27. The molecule has 1 saturated carbocycles. The molecule has 0 amide bonds. The molecule has 1 aliphatic rings. The van der Waals surface area contributed by atoms with Crippen LogP contribution in [0.4, 0.5) is 0 Å². The van der Waals surface area contributed by atoms with Gasteiger partial charge in [-0.05, 0) is 38.4 Å². The van der Waals surface area contributed by atoms with Gasteiger partial charge in [-0.2, -0.15) is 0 Å². The first kappa shape index (κ1) is 12.6. The summed E-state index contributed by atoms with van der Waals surface area (Å²) in [5.74, 6) is 0.755. The van der Waals surface area contributed by atoms with Crippen molar-refractivity contribution in [2.45, 2.75) is 44.7 Å². The average Bonchev–Trinajstić information content (AvgIpc) is 3.10. The van der Waals surface area contributed by atoms with Gasteiger partial charge >= 0.3 is 0 Å². The lowest BCUT2D eigenvalue weighted by Gasteiger charge is -2.12. The zero-order chi connectivity index (χ0) is 12.1. The largest absolute Gasteiger partial charge is 0.314 e. The number of hydrogen-bond donors (Lipinski definition) is 2. The van der Waals surface area contributed by atoms with Gasteiger partial charge in [-0.3, -0.25) is 0 Å². The van der Waals surface area contributed by atoms with E-state index >= 15 is 0 Å². The van der Waals surface area contributed by atoms with Crippen LogP contribution in [-0.4, -0.2) is 25.2 Å². The fourth-order valence-electron chi connectivity index (χ4n) is 2.42. The van der Waals surface area contributed by atoms with Crippen LogP contribution in [0.15, 0.2) is 30.3 Å². The van der Waals surface area contributed by atoms with E-state index in [1.165, 1.54) is 18.4 Å². The Hall–Kier alpha value is -0.860. The molecule has 0 radical (unpaired) electrons. The molecule has 0 heterocycles. The Morgan fingerprint density at radius 2 is 2.06 bits per heavy atom. The molecule has 17 heavy (non-hydrogen) atoms. The molecule has 94 valence electrons. The van der Waals surface area contributed by atoms with E-state index in [4.69, 9.17) is 0 Å². The number of nitrogens with one attached hydrogen (secondary N) is 2. The van der Waals surface area contributed by atoms with E-state index in [9.17, 15) is 0 Å². The Labute approximate surface area is 105 Å². The van der Waals surface area contributed by atoms with Crippen molar-refractivity contribution < 1.29 is 0 Å². The second-order valence-electron chi connectivity index (χ2n) is 5.06. The summed E-state index contributed by atoms with van der Waals surface area (Å²) < 4.78 is 0. The van der Waals surface area contributed by atoms with Crippen LogP contribution >= 0.6 is 0 Å². The Bertz CT molecular complexity index is 323. The van der Waals surface area contributed by atoms with Crippen molar-refractivity contribution in [1.82, 2.24) is 10.6 Å². The summed E-state index contributed by atoms with van der Waals surface area (Å²) in [6, 6.07) is 12.2. The minimum absolute atomic E-state index is 0.626. The number of rotatable bonds is 7. The molecule has 3 unspecified atom stereocenters. The van der Waals surface area contributed by atoms with E-state index in [1.807, 2.05) is 0 Å². The topological polar surface area (TPSA) is 24.1 Å². The zero-order valence-corrected chi connectivity index (χ0v) is 10.9. The molecule has 0 aliphatic heterocycles. The highest BCUT2D eigenvalue weighted by atomic mass is 15.0. The molecule has 0 bridgehead atoms. The van der Waals surface area contributed by atoms with Gasteiger partial charge < -0.3 is 10.6 Å². The normalized spacial score (nSPS) is 24.6. The monoisotopic (exact) mass is 232 g/mol. The lowest BCUT2D eigenvalue weighted by molar-refractivity contribution is 0.501. The van der Waals surface area contributed by atoms with Gasteiger partial charge in [0.25, 0.3) is 0 Å². The first-order valence-electron chi connectivity index (χ1n) is 6.83. The molecule has 2 rings (SSSR count). The summed E-state index contributed by atoms with van der Waals surface area (Å²) in [5, 5.41) is 7.10. The van der Waals surface area contributed by atoms with Gasteiger partial charge in [-0.15, -0.1) is 0 Å². The number of benzene rings is 1. The molecule has 2 nitrogen and oxygen atoms in total. The van der Waals surface area contributed by atoms with Crippen LogP contribution < -0.4 is 10.6 Å². The summed E-state index contributed by atoms with van der Waals surface area (Å²) in [6.45, 7) is 6.61. The van der Waals surface area contributed by atoms with Gasteiger partial charge in [-0.1, -0.05) is 37.3 Å². The molecular weight excluding hydrogens is 208 g/mol. The van der Waals surface area contributed by atoms with E-state index in [0.717, 1.165) is 19.0 Å². The van der Waals surface area contributed by atoms with Crippen LogP contribution in [0.25, 0.3) is 0 Å². The van der Waals surface area contributed by atoms with Crippen LogP contribution in [0.1, 0.15) is 38.2 Å². The summed E-state index contributed by atoms with van der Waals surface area (Å²) >= 11 is 0. The van der Waals surface area contributed by atoms with Crippen LogP contribution in [-0.2, 0) is 0 Å². The molecule has 1 fully saturated rings. The van der Waals surface area contributed by atoms with E-state index < -0.39 is 0 Å². The SMILES string of the molecule is CCNC(C)CCNC1CC1c1ccccc1. The van der Waals surface area contributed by atoms with Crippen LogP contribution in [0, 0.1) is 0 Å². The molecule has 3 atom stereocenters. The standard InChI is InChI=1S/C15H24N2/c1-3-16-12(2)9-10-17-15-11-14(15)13-7-5-4-6-8-13/h4-8,12,14-17H,3,9-11H2,1-2H3. The minimum Gasteiger partial charge on any atom is -0.314 e. The summed E-state index contributed by atoms with van der Waals surface area (Å²) in [5.41, 5.74) is 1.49. The Morgan fingerprint density at radius 1 is 1.29 bits per heavy atom. The molecule has 1 aromatic carbocycles. The van der Waals surface area contributed by atoms with Crippen molar-refractivity contribution in [3.05, 3.63) is 35.9 Å². The predicted molar refractivity (Wildman–Crippen MR) is 73.3 cm³/mol. The first-order chi connectivity index (χ1) is 8.31. The van der Waals surface area contributed by atoms with Gasteiger partial charge in [0.05, 0.1) is 0 Å². The van der Waals surface area contributed by atoms with Crippen molar-refractivity contribution in [3.63, 3.8) is 0 Å². The summed E-state index contributed by atoms with van der Waals surface area (Å²) in [6.07, 6.45) is 2.52. The van der Waals surface area contributed by atoms with E-state index in [-0.39, 0.29) is 0 Å². The van der Waals surface area contributed by atoms with E-state index in [2.05, 4.69) is 54.8 Å². The molecule has 0 saturated heterocycles. The average molecular weight is 232 g/mol. The van der Waals surface area contributed by atoms with Crippen molar-refractivity contribution >= 4 is 0 Å². The molecule has 1 aliphatic carbocycles. The molecule has 0 aromatic heterocycles. The van der Waals surface area contributed by atoms with E-state index in [1.54, 1.807) is 0 Å². The Kier molecular flexibility index (Phi) is 4.57. The third-order valence-corrected chi connectivity index (χ3v) is 3.55. The first-order valence-corrected chi connectivity index (χ1v) is 6.83. The van der Waals surface area contributed by atoms with Crippen molar-refractivity contribution in [2.24, 2.45) is 0 Å². The number of hydrogen-bond acceptors (Lipinski definition) is 2. The maximum absolute atomic E-state index is 3.65. The fourth-order valence-corrected chi connectivity index (χ4v) is 2.42. The van der Waals surface area contributed by atoms with Gasteiger partial charge in [0.1, 0.15) is 0 Å². The van der Waals surface area contributed by atoms with Gasteiger partial charge in [0, 0.05) is 18.0 Å². The summed E-state index contributed by atoms with van der Waals surface area (Å²) in [7, 11) is 0. The van der Waals surface area contributed by atoms with Crippen molar-refractivity contribution in [1.29, 1.82) is 0 Å². The third kappa shape index (κ3) is 3.83. The Morgan fingerprint density at radius 3 is 2.76 bits per heavy atom. The molecule has 1 aromatic rings. The highest BCUT2D eigenvalue weighted by Gasteiger charge is 2.37. The molecule has 0 spiro atoms. The lowest BCUT2D eigenvalue weighted by atomic mass is 10.1. The van der Waals surface area contributed by atoms with Crippen LogP contribution in [0.2, 0.25) is 0 Å². The van der Waals surface area contributed by atoms with E-state index in [0.29, 0.717) is 12.1 Å². The lowest BCUT2D eigenvalue weighted by Crippen LogP contribution is -2.30. The van der Waals surface area contributed by atoms with Gasteiger partial charge in [0.15, 0.2) is 0 Å². The van der Waals surface area contributed by atoms with Crippen molar-refractivity contribution in [2.75, 3.05) is 13.1 Å². The molecule has 2 heteroatoms. The predicted octanol–water partition coefficient (Wildman–Crippen LogP) is 2.52. The van der Waals surface area contributed by atoms with Crippen molar-refractivity contribution in [3.8, 4) is 0 Å². The second kappa shape index (κ2) is 6.18. The van der Waals surface area contributed by atoms with Gasteiger partial charge in [-0.25, -0.2) is 0 Å². The zero-order valence-electron chi connectivity index (χ0n) is 10.9. The molecule has 2 N–H and O–H groups in total.